The van der Waals surface area contributed by atoms with Crippen molar-refractivity contribution in [3.05, 3.63) is 84.2 Å². The Morgan fingerprint density at radius 3 is 2.26 bits per heavy atom. The number of carbonyl (C=O) groups is 2. The largest absolute Gasteiger partial charge is 0.494 e. The van der Waals surface area contributed by atoms with Crippen LogP contribution in [-0.4, -0.2) is 51.4 Å². The number of anilines is 2. The molecular weight excluding hydrogens is 509 g/mol. The second-order valence-electron chi connectivity index (χ2n) is 8.84. The number of carbonyl (C=O) groups excluding carboxylic acids is 2. The molecule has 10 heteroatoms. The van der Waals surface area contributed by atoms with Gasteiger partial charge in [0.15, 0.2) is 0 Å². The van der Waals surface area contributed by atoms with E-state index in [4.69, 9.17) is 4.74 Å². The van der Waals surface area contributed by atoms with E-state index in [2.05, 4.69) is 5.32 Å². The third-order valence-electron chi connectivity index (χ3n) is 6.20. The van der Waals surface area contributed by atoms with E-state index in [0.717, 1.165) is 47.8 Å². The van der Waals surface area contributed by atoms with Gasteiger partial charge in [0.25, 0.3) is 15.9 Å². The van der Waals surface area contributed by atoms with Crippen molar-refractivity contribution in [2.24, 2.45) is 0 Å². The highest BCUT2D eigenvalue weighted by Gasteiger charge is 2.28. The molecule has 1 heterocycles. The number of amides is 2. The predicted molar refractivity (Wildman–Crippen MR) is 143 cm³/mol. The molecular formula is C28H30FN3O5S. The molecule has 0 spiro atoms. The average Bonchev–Trinajstić information content (AvgIpc) is 2.93. The standard InChI is InChI=1S/C28H30FN3O5S/c1-2-37-23-14-12-22(13-15-23)32(38(35,36)24-16-10-21(29)11-17-24)20-27(33)30-26-9-5-4-8-25(26)28(34)31-18-6-3-7-19-31/h4-5,8-17H,2-3,6-7,18-20H2,1H3,(H,30,33). The highest BCUT2D eigenvalue weighted by Crippen LogP contribution is 2.27. The number of likely N-dealkylation sites (tertiary alicyclic amines) is 1. The Bertz CT molecular complexity index is 1370. The highest BCUT2D eigenvalue weighted by molar-refractivity contribution is 7.92. The fraction of sp³-hybridized carbons (Fsp3) is 0.286. The number of nitrogens with zero attached hydrogens (tertiary/aromatic N) is 2. The maximum Gasteiger partial charge on any atom is 0.264 e. The molecule has 1 aliphatic rings. The summed E-state index contributed by atoms with van der Waals surface area (Å²) in [5.41, 5.74) is 0.876. The molecule has 1 fully saturated rings. The quantitative estimate of drug-likeness (QED) is 0.426. The summed E-state index contributed by atoms with van der Waals surface area (Å²) >= 11 is 0. The number of ether oxygens (including phenoxy) is 1. The summed E-state index contributed by atoms with van der Waals surface area (Å²) in [6, 6.07) is 17.4. The smallest absolute Gasteiger partial charge is 0.264 e. The second-order valence-corrected chi connectivity index (χ2v) is 10.7. The first kappa shape index (κ1) is 27.1. The van der Waals surface area contributed by atoms with Gasteiger partial charge in [-0.2, -0.15) is 0 Å². The minimum atomic E-state index is -4.24. The van der Waals surface area contributed by atoms with Gasteiger partial charge >= 0.3 is 0 Å². The zero-order valence-electron chi connectivity index (χ0n) is 21.1. The van der Waals surface area contributed by atoms with Crippen LogP contribution in [-0.2, 0) is 14.8 Å². The molecule has 1 saturated heterocycles. The number of hydrogen-bond acceptors (Lipinski definition) is 5. The molecule has 3 aromatic carbocycles. The molecule has 4 rings (SSSR count). The van der Waals surface area contributed by atoms with Gasteiger partial charge in [-0.05, 0) is 86.8 Å². The summed E-state index contributed by atoms with van der Waals surface area (Å²) in [6.07, 6.45) is 2.93. The maximum absolute atomic E-state index is 13.6. The normalized spacial score (nSPS) is 13.6. The number of rotatable bonds is 9. The molecule has 2 amide bonds. The van der Waals surface area contributed by atoms with Gasteiger partial charge in [0.1, 0.15) is 18.1 Å². The SMILES string of the molecule is CCOc1ccc(N(CC(=O)Nc2ccccc2C(=O)N2CCCCC2)S(=O)(=O)c2ccc(F)cc2)cc1. The van der Waals surface area contributed by atoms with E-state index in [1.54, 1.807) is 41.3 Å². The fourth-order valence-electron chi connectivity index (χ4n) is 4.29. The van der Waals surface area contributed by atoms with Gasteiger partial charge in [-0.1, -0.05) is 12.1 Å². The number of sulfonamides is 1. The summed E-state index contributed by atoms with van der Waals surface area (Å²) in [7, 11) is -4.24. The van der Waals surface area contributed by atoms with Gasteiger partial charge in [-0.25, -0.2) is 12.8 Å². The van der Waals surface area contributed by atoms with Gasteiger partial charge in [-0.15, -0.1) is 0 Å². The molecule has 0 radical (unpaired) electrons. The van der Waals surface area contributed by atoms with E-state index in [0.29, 0.717) is 36.7 Å². The first-order chi connectivity index (χ1) is 18.3. The van der Waals surface area contributed by atoms with Crippen LogP contribution in [0.1, 0.15) is 36.5 Å². The molecule has 0 unspecified atom stereocenters. The summed E-state index contributed by atoms with van der Waals surface area (Å²) < 4.78 is 47.0. The number of halogens is 1. The number of nitrogens with one attached hydrogen (secondary N) is 1. The van der Waals surface area contributed by atoms with Crippen molar-refractivity contribution in [3.63, 3.8) is 0 Å². The molecule has 0 atom stereocenters. The van der Waals surface area contributed by atoms with Crippen LogP contribution in [0.25, 0.3) is 0 Å². The van der Waals surface area contributed by atoms with Crippen LogP contribution in [0, 0.1) is 5.82 Å². The van der Waals surface area contributed by atoms with Crippen molar-refractivity contribution in [1.82, 2.24) is 4.90 Å². The monoisotopic (exact) mass is 539 g/mol. The van der Waals surface area contributed by atoms with Gasteiger partial charge in [0.05, 0.1) is 28.4 Å². The number of para-hydroxylation sites is 1. The van der Waals surface area contributed by atoms with Crippen LogP contribution in [0.2, 0.25) is 0 Å². The van der Waals surface area contributed by atoms with Gasteiger partial charge in [-0.3, -0.25) is 13.9 Å². The lowest BCUT2D eigenvalue weighted by molar-refractivity contribution is -0.114. The van der Waals surface area contributed by atoms with E-state index in [-0.39, 0.29) is 16.5 Å². The molecule has 8 nitrogen and oxygen atoms in total. The van der Waals surface area contributed by atoms with E-state index in [1.165, 1.54) is 12.1 Å². The number of hydrogen-bond donors (Lipinski definition) is 1. The lowest BCUT2D eigenvalue weighted by Gasteiger charge is -2.28. The maximum atomic E-state index is 13.6. The zero-order chi connectivity index (χ0) is 27.1. The molecule has 0 aliphatic carbocycles. The summed E-state index contributed by atoms with van der Waals surface area (Å²) in [4.78, 5) is 27.9. The fourth-order valence-corrected chi connectivity index (χ4v) is 5.71. The first-order valence-electron chi connectivity index (χ1n) is 12.5. The molecule has 0 bridgehead atoms. The topological polar surface area (TPSA) is 96.0 Å². The van der Waals surface area contributed by atoms with E-state index in [9.17, 15) is 22.4 Å². The molecule has 1 N–H and O–H groups in total. The Labute approximate surface area is 222 Å². The number of piperidine rings is 1. The van der Waals surface area contributed by atoms with Gasteiger partial charge < -0.3 is 15.0 Å². The minimum Gasteiger partial charge on any atom is -0.494 e. The van der Waals surface area contributed by atoms with Crippen LogP contribution in [0.3, 0.4) is 0 Å². The summed E-state index contributed by atoms with van der Waals surface area (Å²) in [5, 5.41) is 2.72. The van der Waals surface area contributed by atoms with E-state index >= 15 is 0 Å². The Kier molecular flexibility index (Phi) is 8.62. The molecule has 38 heavy (non-hydrogen) atoms. The molecule has 1 aliphatic heterocycles. The van der Waals surface area contributed by atoms with Crippen LogP contribution in [0.4, 0.5) is 15.8 Å². The lowest BCUT2D eigenvalue weighted by Crippen LogP contribution is -2.39. The Morgan fingerprint density at radius 2 is 1.61 bits per heavy atom. The van der Waals surface area contributed by atoms with Crippen molar-refractivity contribution >= 4 is 33.2 Å². The third-order valence-corrected chi connectivity index (χ3v) is 7.99. The van der Waals surface area contributed by atoms with Crippen molar-refractivity contribution in [2.75, 3.05) is 35.9 Å². The van der Waals surface area contributed by atoms with Gasteiger partial charge in [0.2, 0.25) is 5.91 Å². The summed E-state index contributed by atoms with van der Waals surface area (Å²) in [6.45, 7) is 3.01. The van der Waals surface area contributed by atoms with Crippen LogP contribution >= 0.6 is 0 Å². The zero-order valence-corrected chi connectivity index (χ0v) is 21.9. The predicted octanol–water partition coefficient (Wildman–Crippen LogP) is 4.68. The van der Waals surface area contributed by atoms with E-state index < -0.39 is 28.3 Å². The molecule has 3 aromatic rings. The average molecular weight is 540 g/mol. The first-order valence-corrected chi connectivity index (χ1v) is 13.9. The van der Waals surface area contributed by atoms with Crippen LogP contribution in [0.5, 0.6) is 5.75 Å². The second kappa shape index (κ2) is 12.1. The van der Waals surface area contributed by atoms with Crippen molar-refractivity contribution < 1.29 is 27.1 Å². The van der Waals surface area contributed by atoms with Crippen molar-refractivity contribution in [3.8, 4) is 5.75 Å². The molecule has 0 aromatic heterocycles. The Morgan fingerprint density at radius 1 is 0.947 bits per heavy atom. The highest BCUT2D eigenvalue weighted by atomic mass is 32.2. The molecule has 0 saturated carbocycles. The van der Waals surface area contributed by atoms with Gasteiger partial charge in [0, 0.05) is 13.1 Å². The third kappa shape index (κ3) is 6.31. The Hall–Kier alpha value is -3.92. The van der Waals surface area contributed by atoms with Crippen molar-refractivity contribution in [1.29, 1.82) is 0 Å². The van der Waals surface area contributed by atoms with E-state index in [1.807, 2.05) is 6.92 Å². The lowest BCUT2D eigenvalue weighted by atomic mass is 10.1. The van der Waals surface area contributed by atoms with Crippen LogP contribution < -0.4 is 14.4 Å². The number of benzene rings is 3. The Balaban J connectivity index is 1.61. The molecule has 200 valence electrons. The van der Waals surface area contributed by atoms with Crippen molar-refractivity contribution in [2.45, 2.75) is 31.1 Å². The minimum absolute atomic E-state index is 0.165. The summed E-state index contributed by atoms with van der Waals surface area (Å²) in [5.74, 6) is -0.847. The van der Waals surface area contributed by atoms with Crippen LogP contribution in [0.15, 0.2) is 77.7 Å².